The van der Waals surface area contributed by atoms with Gasteiger partial charge in [0.25, 0.3) is 0 Å². The van der Waals surface area contributed by atoms with Crippen LogP contribution in [0.15, 0.2) is 0 Å². The summed E-state index contributed by atoms with van der Waals surface area (Å²) in [5.41, 5.74) is -0.411. The average molecular weight is 230 g/mol. The zero-order valence-electron chi connectivity index (χ0n) is 11.5. The van der Waals surface area contributed by atoms with Crippen molar-refractivity contribution < 1.29 is 14.3 Å². The van der Waals surface area contributed by atoms with Crippen LogP contribution in [0.5, 0.6) is 0 Å². The normalized spacial score (nSPS) is 15.6. The van der Waals surface area contributed by atoms with Gasteiger partial charge in [-0.2, -0.15) is 0 Å². The van der Waals surface area contributed by atoms with Gasteiger partial charge in [0.2, 0.25) is 0 Å². The van der Waals surface area contributed by atoms with Crippen LogP contribution in [0.25, 0.3) is 0 Å². The van der Waals surface area contributed by atoms with E-state index in [2.05, 4.69) is 13.8 Å². The number of methoxy groups -OCH3 is 1. The van der Waals surface area contributed by atoms with Crippen LogP contribution in [-0.2, 0) is 14.3 Å². The topological polar surface area (TPSA) is 35.5 Å². The monoisotopic (exact) mass is 230 g/mol. The second-order valence-corrected chi connectivity index (χ2v) is 5.40. The van der Waals surface area contributed by atoms with Crippen molar-refractivity contribution in [3.8, 4) is 0 Å². The summed E-state index contributed by atoms with van der Waals surface area (Å²) in [4.78, 5) is 11.6. The molecule has 0 heterocycles. The number of carbonyl (C=O) groups is 1. The Kier molecular flexibility index (Phi) is 6.65. The van der Waals surface area contributed by atoms with Crippen molar-refractivity contribution in [2.24, 2.45) is 5.92 Å². The third-order valence-electron chi connectivity index (χ3n) is 2.51. The maximum atomic E-state index is 11.6. The van der Waals surface area contributed by atoms with Crippen molar-refractivity contribution in [2.45, 2.75) is 65.6 Å². The molecular weight excluding hydrogens is 204 g/mol. The van der Waals surface area contributed by atoms with Crippen molar-refractivity contribution in [1.82, 2.24) is 0 Å². The Morgan fingerprint density at radius 2 is 1.88 bits per heavy atom. The molecule has 0 radical (unpaired) electrons. The number of hydrogen-bond donors (Lipinski definition) is 0. The Labute approximate surface area is 99.5 Å². The van der Waals surface area contributed by atoms with E-state index in [1.165, 1.54) is 0 Å². The largest absolute Gasteiger partial charge is 0.460 e. The summed E-state index contributed by atoms with van der Waals surface area (Å²) in [7, 11) is 1.65. The molecule has 0 saturated carbocycles. The first-order valence-corrected chi connectivity index (χ1v) is 6.03. The minimum Gasteiger partial charge on any atom is -0.460 e. The fraction of sp³-hybridized carbons (Fsp3) is 0.923. The van der Waals surface area contributed by atoms with Gasteiger partial charge in [-0.05, 0) is 33.1 Å². The third-order valence-corrected chi connectivity index (χ3v) is 2.51. The summed E-state index contributed by atoms with van der Waals surface area (Å²) in [5.74, 6) is 0.398. The fourth-order valence-corrected chi connectivity index (χ4v) is 1.45. The molecule has 0 rings (SSSR count). The van der Waals surface area contributed by atoms with Crippen molar-refractivity contribution >= 4 is 5.97 Å². The predicted octanol–water partition coefficient (Wildman–Crippen LogP) is 3.17. The highest BCUT2D eigenvalue weighted by atomic mass is 16.6. The molecule has 0 aromatic carbocycles. The lowest BCUT2D eigenvalue weighted by atomic mass is 9.99. The van der Waals surface area contributed by atoms with Crippen LogP contribution < -0.4 is 0 Å². The molecule has 0 fully saturated rings. The highest BCUT2D eigenvalue weighted by molar-refractivity contribution is 5.70. The zero-order valence-corrected chi connectivity index (χ0v) is 11.5. The molecule has 0 saturated heterocycles. The van der Waals surface area contributed by atoms with Gasteiger partial charge < -0.3 is 9.47 Å². The first-order chi connectivity index (χ1) is 7.28. The van der Waals surface area contributed by atoms with E-state index < -0.39 is 5.60 Å². The number of carbonyl (C=O) groups excluding carboxylic acids is 1. The second kappa shape index (κ2) is 6.89. The molecule has 2 atom stereocenters. The van der Waals surface area contributed by atoms with Crippen LogP contribution in [0.3, 0.4) is 0 Å². The highest BCUT2D eigenvalue weighted by Gasteiger charge is 2.21. The van der Waals surface area contributed by atoms with Gasteiger partial charge in [0, 0.05) is 7.11 Å². The van der Waals surface area contributed by atoms with Gasteiger partial charge in [0.05, 0.1) is 12.5 Å². The van der Waals surface area contributed by atoms with Crippen molar-refractivity contribution in [1.29, 1.82) is 0 Å². The van der Waals surface area contributed by atoms with Crippen LogP contribution in [-0.4, -0.2) is 24.8 Å². The van der Waals surface area contributed by atoms with Gasteiger partial charge in [-0.1, -0.05) is 20.3 Å². The smallest absolute Gasteiger partial charge is 0.308 e. The zero-order chi connectivity index (χ0) is 12.8. The summed E-state index contributed by atoms with van der Waals surface area (Å²) < 4.78 is 10.6. The van der Waals surface area contributed by atoms with Crippen LogP contribution in [0.1, 0.15) is 53.9 Å². The van der Waals surface area contributed by atoms with E-state index in [4.69, 9.17) is 9.47 Å². The highest BCUT2D eigenvalue weighted by Crippen LogP contribution is 2.17. The average Bonchev–Trinajstić information content (AvgIpc) is 2.13. The van der Waals surface area contributed by atoms with E-state index >= 15 is 0 Å². The Balaban J connectivity index is 4.07. The molecule has 0 aliphatic rings. The lowest BCUT2D eigenvalue weighted by Gasteiger charge is -2.23. The number of ether oxygens (including phenoxy) is 2. The maximum Gasteiger partial charge on any atom is 0.308 e. The summed E-state index contributed by atoms with van der Waals surface area (Å²) in [5, 5.41) is 0. The molecule has 16 heavy (non-hydrogen) atoms. The fourth-order valence-electron chi connectivity index (χ4n) is 1.45. The molecule has 0 aromatic rings. The van der Waals surface area contributed by atoms with Gasteiger partial charge in [-0.15, -0.1) is 0 Å². The predicted molar refractivity (Wildman–Crippen MR) is 65.3 cm³/mol. The number of rotatable bonds is 6. The van der Waals surface area contributed by atoms with Crippen LogP contribution in [0, 0.1) is 5.92 Å². The Morgan fingerprint density at radius 1 is 1.31 bits per heavy atom. The maximum absolute atomic E-state index is 11.6. The third kappa shape index (κ3) is 7.69. The number of hydrogen-bond acceptors (Lipinski definition) is 3. The van der Waals surface area contributed by atoms with E-state index in [9.17, 15) is 4.79 Å². The van der Waals surface area contributed by atoms with Crippen LogP contribution >= 0.6 is 0 Å². The van der Waals surface area contributed by atoms with Crippen LogP contribution in [0.4, 0.5) is 0 Å². The summed E-state index contributed by atoms with van der Waals surface area (Å²) in [6, 6.07) is 0. The molecule has 0 amide bonds. The molecule has 3 nitrogen and oxygen atoms in total. The minimum atomic E-state index is -0.411. The SMILES string of the molecule is CCC(C)CC(CC(=O)OC(C)(C)C)OC. The molecule has 2 unspecified atom stereocenters. The van der Waals surface area contributed by atoms with E-state index in [1.807, 2.05) is 20.8 Å². The number of esters is 1. The Hall–Kier alpha value is -0.570. The molecule has 0 spiro atoms. The first-order valence-electron chi connectivity index (χ1n) is 6.03. The van der Waals surface area contributed by atoms with E-state index in [-0.39, 0.29) is 12.1 Å². The summed E-state index contributed by atoms with van der Waals surface area (Å²) in [6.07, 6.45) is 2.34. The van der Waals surface area contributed by atoms with Crippen molar-refractivity contribution in [2.75, 3.05) is 7.11 Å². The standard InChI is InChI=1S/C13H26O3/c1-7-10(2)8-11(15-6)9-12(14)16-13(3,4)5/h10-11H,7-9H2,1-6H3. The van der Waals surface area contributed by atoms with E-state index in [0.29, 0.717) is 12.3 Å². The molecule has 0 aliphatic carbocycles. The molecule has 3 heteroatoms. The van der Waals surface area contributed by atoms with Gasteiger partial charge in [0.1, 0.15) is 5.60 Å². The Morgan fingerprint density at radius 3 is 2.25 bits per heavy atom. The molecule has 0 aromatic heterocycles. The quantitative estimate of drug-likeness (QED) is 0.657. The molecule has 0 bridgehead atoms. The van der Waals surface area contributed by atoms with Gasteiger partial charge >= 0.3 is 5.97 Å². The van der Waals surface area contributed by atoms with Gasteiger partial charge in [0.15, 0.2) is 0 Å². The second-order valence-electron chi connectivity index (χ2n) is 5.40. The lowest BCUT2D eigenvalue weighted by molar-refractivity contribution is -0.157. The van der Waals surface area contributed by atoms with E-state index in [1.54, 1.807) is 7.11 Å². The van der Waals surface area contributed by atoms with E-state index in [0.717, 1.165) is 12.8 Å². The van der Waals surface area contributed by atoms with Crippen molar-refractivity contribution in [3.05, 3.63) is 0 Å². The lowest BCUT2D eigenvalue weighted by Crippen LogP contribution is -2.27. The van der Waals surface area contributed by atoms with Crippen molar-refractivity contribution in [3.63, 3.8) is 0 Å². The minimum absolute atomic E-state index is 0.0233. The Bertz CT molecular complexity index is 206. The molecule has 0 aliphatic heterocycles. The first kappa shape index (κ1) is 15.4. The van der Waals surface area contributed by atoms with Gasteiger partial charge in [-0.3, -0.25) is 4.79 Å². The van der Waals surface area contributed by atoms with Crippen LogP contribution in [0.2, 0.25) is 0 Å². The summed E-state index contributed by atoms with van der Waals surface area (Å²) in [6.45, 7) is 9.94. The summed E-state index contributed by atoms with van der Waals surface area (Å²) >= 11 is 0. The molecular formula is C13H26O3. The molecule has 96 valence electrons. The van der Waals surface area contributed by atoms with Gasteiger partial charge in [-0.25, -0.2) is 0 Å². The molecule has 0 N–H and O–H groups in total.